The smallest absolute Gasteiger partial charge is 0.449 e. The van der Waals surface area contributed by atoms with E-state index in [9.17, 15) is 13.2 Å². The average Bonchev–Trinajstić information content (AvgIpc) is 2.84. The fourth-order valence-electron chi connectivity index (χ4n) is 2.11. The largest absolute Gasteiger partial charge is 0.478 e. The molecule has 0 aliphatic rings. The summed E-state index contributed by atoms with van der Waals surface area (Å²) < 4.78 is 44.7. The molecule has 0 spiro atoms. The van der Waals surface area contributed by atoms with Crippen molar-refractivity contribution in [2.24, 2.45) is 7.05 Å². The number of hydrogen-bond acceptors (Lipinski definition) is 5. The topological polar surface area (TPSA) is 64.9 Å². The van der Waals surface area contributed by atoms with Crippen molar-refractivity contribution in [1.82, 2.24) is 19.5 Å². The number of anilines is 2. The number of alkyl halides is 3. The fraction of sp³-hybridized carbons (Fsp3) is 0.214. The Labute approximate surface area is 129 Å². The summed E-state index contributed by atoms with van der Waals surface area (Å²) in [7, 11) is 2.60. The number of halogens is 3. The van der Waals surface area contributed by atoms with Crippen LogP contribution in [0.15, 0.2) is 30.3 Å². The van der Waals surface area contributed by atoms with Crippen LogP contribution in [0.2, 0.25) is 0 Å². The minimum absolute atomic E-state index is 0.0107. The SMILES string of the molecule is COc1nc2nc(C(F)(F)F)n(C)c2nc1Nc1ccccc1. The second-order valence-electron chi connectivity index (χ2n) is 4.71. The molecule has 9 heteroatoms. The molecular formula is C14H12F3N5O. The number of methoxy groups -OCH3 is 1. The molecule has 0 radical (unpaired) electrons. The molecule has 120 valence electrons. The van der Waals surface area contributed by atoms with Crippen LogP contribution in [0.5, 0.6) is 5.88 Å². The molecule has 23 heavy (non-hydrogen) atoms. The molecule has 6 nitrogen and oxygen atoms in total. The van der Waals surface area contributed by atoms with E-state index in [0.717, 1.165) is 4.57 Å². The Morgan fingerprint density at radius 3 is 2.39 bits per heavy atom. The summed E-state index contributed by atoms with van der Waals surface area (Å²) >= 11 is 0. The maximum Gasteiger partial charge on any atom is 0.449 e. The highest BCUT2D eigenvalue weighted by Crippen LogP contribution is 2.32. The normalized spacial score (nSPS) is 11.7. The zero-order chi connectivity index (χ0) is 16.6. The number of nitrogens with one attached hydrogen (secondary N) is 1. The van der Waals surface area contributed by atoms with E-state index >= 15 is 0 Å². The molecule has 0 aliphatic carbocycles. The Bertz CT molecular complexity index is 845. The van der Waals surface area contributed by atoms with Gasteiger partial charge in [-0.05, 0) is 12.1 Å². The molecule has 0 saturated carbocycles. The standard InChI is InChI=1S/C14H12F3N5O/c1-22-11-9(21-13(22)14(15,16)17)20-12(23-2)10(19-11)18-8-6-4-3-5-7-8/h3-7H,1-2H3,(H,18,19). The van der Waals surface area contributed by atoms with Crippen molar-refractivity contribution in [3.8, 4) is 5.88 Å². The molecule has 0 saturated heterocycles. The lowest BCUT2D eigenvalue weighted by Crippen LogP contribution is -2.12. The predicted octanol–water partition coefficient (Wildman–Crippen LogP) is 3.13. The Balaban J connectivity index is 2.13. The molecular weight excluding hydrogens is 311 g/mol. The predicted molar refractivity (Wildman–Crippen MR) is 77.6 cm³/mol. The van der Waals surface area contributed by atoms with Crippen LogP contribution in [0.3, 0.4) is 0 Å². The van der Waals surface area contributed by atoms with Gasteiger partial charge in [-0.2, -0.15) is 18.2 Å². The van der Waals surface area contributed by atoms with E-state index in [0.29, 0.717) is 5.69 Å². The van der Waals surface area contributed by atoms with Crippen molar-refractivity contribution in [2.75, 3.05) is 12.4 Å². The van der Waals surface area contributed by atoms with Crippen LogP contribution in [0.25, 0.3) is 11.3 Å². The van der Waals surface area contributed by atoms with E-state index in [1.54, 1.807) is 12.1 Å². The van der Waals surface area contributed by atoms with Gasteiger partial charge < -0.3 is 14.6 Å². The van der Waals surface area contributed by atoms with E-state index in [4.69, 9.17) is 4.74 Å². The van der Waals surface area contributed by atoms with Gasteiger partial charge in [0.25, 0.3) is 5.88 Å². The van der Waals surface area contributed by atoms with Gasteiger partial charge in [-0.1, -0.05) is 18.2 Å². The Morgan fingerprint density at radius 2 is 1.78 bits per heavy atom. The maximum atomic E-state index is 12.9. The zero-order valence-corrected chi connectivity index (χ0v) is 12.2. The molecule has 0 aliphatic heterocycles. The van der Waals surface area contributed by atoms with Gasteiger partial charge in [0.15, 0.2) is 11.5 Å². The molecule has 2 aromatic heterocycles. The van der Waals surface area contributed by atoms with Crippen molar-refractivity contribution >= 4 is 22.8 Å². The number of benzene rings is 1. The van der Waals surface area contributed by atoms with Crippen LogP contribution in [0.1, 0.15) is 5.82 Å². The van der Waals surface area contributed by atoms with Gasteiger partial charge in [0.2, 0.25) is 11.5 Å². The van der Waals surface area contributed by atoms with Crippen LogP contribution in [-0.4, -0.2) is 26.6 Å². The van der Waals surface area contributed by atoms with E-state index < -0.39 is 12.0 Å². The highest BCUT2D eigenvalue weighted by molar-refractivity contribution is 5.73. The van der Waals surface area contributed by atoms with Crippen LogP contribution < -0.4 is 10.1 Å². The fourth-order valence-corrected chi connectivity index (χ4v) is 2.11. The van der Waals surface area contributed by atoms with Gasteiger partial charge in [0.1, 0.15) is 0 Å². The monoisotopic (exact) mass is 323 g/mol. The lowest BCUT2D eigenvalue weighted by Gasteiger charge is -2.09. The number of imidazole rings is 1. The summed E-state index contributed by atoms with van der Waals surface area (Å²) in [6, 6.07) is 9.04. The second kappa shape index (κ2) is 5.41. The van der Waals surface area contributed by atoms with Crippen molar-refractivity contribution in [3.63, 3.8) is 0 Å². The lowest BCUT2D eigenvalue weighted by atomic mass is 10.3. The van der Waals surface area contributed by atoms with Gasteiger partial charge in [-0.15, -0.1) is 0 Å². The third-order valence-corrected chi connectivity index (χ3v) is 3.16. The highest BCUT2D eigenvalue weighted by atomic mass is 19.4. The molecule has 0 fully saturated rings. The molecule has 0 unspecified atom stereocenters. The number of nitrogens with zero attached hydrogens (tertiary/aromatic N) is 4. The Hall–Kier alpha value is -2.84. The highest BCUT2D eigenvalue weighted by Gasteiger charge is 2.37. The minimum Gasteiger partial charge on any atom is -0.478 e. The number of para-hydroxylation sites is 1. The molecule has 0 bridgehead atoms. The second-order valence-corrected chi connectivity index (χ2v) is 4.71. The van der Waals surface area contributed by atoms with E-state index in [1.165, 1.54) is 14.2 Å². The van der Waals surface area contributed by atoms with Crippen LogP contribution in [-0.2, 0) is 13.2 Å². The summed E-state index contributed by atoms with van der Waals surface area (Å²) in [5, 5.41) is 2.97. The van der Waals surface area contributed by atoms with Crippen molar-refractivity contribution in [3.05, 3.63) is 36.2 Å². The van der Waals surface area contributed by atoms with E-state index in [-0.39, 0.29) is 23.0 Å². The third kappa shape index (κ3) is 2.77. The van der Waals surface area contributed by atoms with E-state index in [1.807, 2.05) is 18.2 Å². The quantitative estimate of drug-likeness (QED) is 0.802. The maximum absolute atomic E-state index is 12.9. The Kier molecular flexibility index (Phi) is 3.55. The average molecular weight is 323 g/mol. The molecule has 1 N–H and O–H groups in total. The molecule has 3 aromatic rings. The first kappa shape index (κ1) is 15.1. The summed E-state index contributed by atoms with van der Waals surface area (Å²) in [6.45, 7) is 0. The molecule has 0 amide bonds. The number of aryl methyl sites for hydroxylation is 1. The van der Waals surface area contributed by atoms with Gasteiger partial charge in [0, 0.05) is 12.7 Å². The third-order valence-electron chi connectivity index (χ3n) is 3.16. The first-order valence-corrected chi connectivity index (χ1v) is 6.58. The van der Waals surface area contributed by atoms with Gasteiger partial charge >= 0.3 is 6.18 Å². The summed E-state index contributed by atoms with van der Waals surface area (Å²) in [5.74, 6) is -0.789. The first-order valence-electron chi connectivity index (χ1n) is 6.58. The van der Waals surface area contributed by atoms with Crippen molar-refractivity contribution in [2.45, 2.75) is 6.18 Å². The molecule has 1 aromatic carbocycles. The number of rotatable bonds is 3. The van der Waals surface area contributed by atoms with Crippen LogP contribution >= 0.6 is 0 Å². The molecule has 2 heterocycles. The molecule has 0 atom stereocenters. The zero-order valence-electron chi connectivity index (χ0n) is 12.2. The summed E-state index contributed by atoms with van der Waals surface area (Å²) in [4.78, 5) is 11.7. The number of fused-ring (bicyclic) bond motifs is 1. The number of ether oxygens (including phenoxy) is 1. The van der Waals surface area contributed by atoms with Gasteiger partial charge in [0.05, 0.1) is 7.11 Å². The van der Waals surface area contributed by atoms with Gasteiger partial charge in [-0.3, -0.25) is 0 Å². The van der Waals surface area contributed by atoms with Crippen molar-refractivity contribution < 1.29 is 17.9 Å². The van der Waals surface area contributed by atoms with Crippen LogP contribution in [0.4, 0.5) is 24.7 Å². The van der Waals surface area contributed by atoms with Crippen molar-refractivity contribution in [1.29, 1.82) is 0 Å². The summed E-state index contributed by atoms with van der Waals surface area (Å²) in [6.07, 6.45) is -4.59. The number of aromatic nitrogens is 4. The van der Waals surface area contributed by atoms with Gasteiger partial charge in [-0.25, -0.2) is 9.97 Å². The Morgan fingerprint density at radius 1 is 1.09 bits per heavy atom. The summed E-state index contributed by atoms with van der Waals surface area (Å²) in [5.41, 5.74) is 0.588. The lowest BCUT2D eigenvalue weighted by molar-refractivity contribution is -0.146. The van der Waals surface area contributed by atoms with E-state index in [2.05, 4.69) is 20.3 Å². The first-order chi connectivity index (χ1) is 10.9. The number of hydrogen-bond donors (Lipinski definition) is 1. The molecule has 3 rings (SSSR count). The van der Waals surface area contributed by atoms with Crippen LogP contribution in [0, 0.1) is 0 Å². The minimum atomic E-state index is -4.59.